The van der Waals surface area contributed by atoms with Gasteiger partial charge in [0.2, 0.25) is 0 Å². The number of aromatic nitrogens is 5. The second-order valence-electron chi connectivity index (χ2n) is 7.79. The smallest absolute Gasteiger partial charge is 0.267 e. The van der Waals surface area contributed by atoms with E-state index in [-0.39, 0.29) is 11.3 Å². The first kappa shape index (κ1) is 18.6. The van der Waals surface area contributed by atoms with Gasteiger partial charge in [-0.05, 0) is 44.4 Å². The summed E-state index contributed by atoms with van der Waals surface area (Å²) >= 11 is 0. The van der Waals surface area contributed by atoms with Crippen molar-refractivity contribution in [2.24, 2.45) is 0 Å². The molecule has 0 radical (unpaired) electrons. The zero-order valence-corrected chi connectivity index (χ0v) is 16.9. The first-order valence-electron chi connectivity index (χ1n) is 10.0. The van der Waals surface area contributed by atoms with Crippen molar-refractivity contribution in [3.05, 3.63) is 58.4 Å². The van der Waals surface area contributed by atoms with Crippen LogP contribution in [0.3, 0.4) is 0 Å². The standard InChI is InChI=1S/C22H23N5O3/c1-13-3-4-19(28)14(2)20(13)26-12-23-21-17(22(26)29)9-18(25-21)15-10-24-27(11-15)16-5-7-30-8-6-16/h3-4,9-12,16,25,28H,5-8H2,1-2H3. The number of hydrogen-bond acceptors (Lipinski definition) is 5. The van der Waals surface area contributed by atoms with Gasteiger partial charge in [-0.1, -0.05) is 6.07 Å². The van der Waals surface area contributed by atoms with Crippen molar-refractivity contribution in [2.75, 3.05) is 13.2 Å². The van der Waals surface area contributed by atoms with Gasteiger partial charge >= 0.3 is 0 Å². The Labute approximate surface area is 172 Å². The molecule has 0 aliphatic carbocycles. The summed E-state index contributed by atoms with van der Waals surface area (Å²) in [6, 6.07) is 5.58. The van der Waals surface area contributed by atoms with Crippen LogP contribution in [0, 0.1) is 13.8 Å². The molecular weight excluding hydrogens is 382 g/mol. The summed E-state index contributed by atoms with van der Waals surface area (Å²) in [6.45, 7) is 5.21. The highest BCUT2D eigenvalue weighted by molar-refractivity contribution is 5.82. The van der Waals surface area contributed by atoms with Crippen LogP contribution in [0.5, 0.6) is 5.75 Å². The molecule has 0 bridgehead atoms. The Kier molecular flexibility index (Phi) is 4.43. The van der Waals surface area contributed by atoms with Gasteiger partial charge < -0.3 is 14.8 Å². The number of fused-ring (bicyclic) bond motifs is 1. The predicted molar refractivity (Wildman–Crippen MR) is 113 cm³/mol. The van der Waals surface area contributed by atoms with Crippen molar-refractivity contribution in [3.8, 4) is 22.7 Å². The van der Waals surface area contributed by atoms with Gasteiger partial charge in [0.15, 0.2) is 0 Å². The third kappa shape index (κ3) is 3.00. The minimum Gasteiger partial charge on any atom is -0.508 e. The fourth-order valence-corrected chi connectivity index (χ4v) is 4.14. The maximum Gasteiger partial charge on any atom is 0.267 e. The zero-order chi connectivity index (χ0) is 20.8. The number of nitrogens with zero attached hydrogens (tertiary/aromatic N) is 4. The molecule has 3 aromatic heterocycles. The van der Waals surface area contributed by atoms with E-state index in [0.717, 1.165) is 42.9 Å². The highest BCUT2D eigenvalue weighted by Crippen LogP contribution is 2.28. The Balaban J connectivity index is 1.57. The summed E-state index contributed by atoms with van der Waals surface area (Å²) in [5, 5.41) is 15.1. The van der Waals surface area contributed by atoms with E-state index in [1.54, 1.807) is 19.1 Å². The second-order valence-corrected chi connectivity index (χ2v) is 7.79. The molecule has 5 rings (SSSR count). The topological polar surface area (TPSA) is 98.0 Å². The SMILES string of the molecule is Cc1ccc(O)c(C)c1-n1cnc2[nH]c(-c3cnn(C4CCOCC4)c3)cc2c1=O. The van der Waals surface area contributed by atoms with Crippen LogP contribution in [-0.2, 0) is 4.74 Å². The van der Waals surface area contributed by atoms with E-state index in [4.69, 9.17) is 4.74 Å². The number of aromatic hydroxyl groups is 1. The first-order chi connectivity index (χ1) is 14.5. The first-order valence-corrected chi connectivity index (χ1v) is 10.0. The molecule has 154 valence electrons. The molecule has 1 saturated heterocycles. The molecule has 2 N–H and O–H groups in total. The van der Waals surface area contributed by atoms with Crippen LogP contribution in [0.15, 0.2) is 41.7 Å². The lowest BCUT2D eigenvalue weighted by atomic mass is 10.1. The predicted octanol–water partition coefficient (Wildman–Crippen LogP) is 3.25. The van der Waals surface area contributed by atoms with E-state index in [1.807, 2.05) is 30.1 Å². The van der Waals surface area contributed by atoms with Crippen LogP contribution >= 0.6 is 0 Å². The monoisotopic (exact) mass is 405 g/mol. The number of phenols is 1. The average molecular weight is 405 g/mol. The maximum absolute atomic E-state index is 13.2. The third-order valence-corrected chi connectivity index (χ3v) is 5.87. The maximum atomic E-state index is 13.2. The summed E-state index contributed by atoms with van der Waals surface area (Å²) < 4.78 is 8.91. The molecule has 8 nitrogen and oxygen atoms in total. The normalized spacial score (nSPS) is 15.1. The van der Waals surface area contributed by atoms with Gasteiger partial charge in [0, 0.05) is 30.5 Å². The molecule has 1 aliphatic heterocycles. The molecule has 4 aromatic rings. The molecular formula is C22H23N5O3. The van der Waals surface area contributed by atoms with Crippen LogP contribution in [0.2, 0.25) is 0 Å². The number of aryl methyl sites for hydroxylation is 1. The van der Waals surface area contributed by atoms with Crippen LogP contribution < -0.4 is 5.56 Å². The van der Waals surface area contributed by atoms with Gasteiger partial charge in [0.1, 0.15) is 17.7 Å². The minimum absolute atomic E-state index is 0.151. The molecule has 1 aromatic carbocycles. The molecule has 4 heterocycles. The number of benzene rings is 1. The van der Waals surface area contributed by atoms with Crippen molar-refractivity contribution in [3.63, 3.8) is 0 Å². The highest BCUT2D eigenvalue weighted by atomic mass is 16.5. The van der Waals surface area contributed by atoms with Gasteiger partial charge in [-0.15, -0.1) is 0 Å². The van der Waals surface area contributed by atoms with E-state index < -0.39 is 0 Å². The van der Waals surface area contributed by atoms with Crippen molar-refractivity contribution in [2.45, 2.75) is 32.7 Å². The third-order valence-electron chi connectivity index (χ3n) is 5.87. The van der Waals surface area contributed by atoms with E-state index in [1.165, 1.54) is 10.9 Å². The second kappa shape index (κ2) is 7.14. The molecule has 0 atom stereocenters. The lowest BCUT2D eigenvalue weighted by molar-refractivity contribution is 0.0662. The van der Waals surface area contributed by atoms with E-state index in [2.05, 4.69) is 15.1 Å². The number of phenolic OH excluding ortho intramolecular Hbond substituents is 1. The zero-order valence-electron chi connectivity index (χ0n) is 16.9. The summed E-state index contributed by atoms with van der Waals surface area (Å²) in [6.07, 6.45) is 7.21. The molecule has 1 fully saturated rings. The lowest BCUT2D eigenvalue weighted by Crippen LogP contribution is -2.20. The largest absolute Gasteiger partial charge is 0.508 e. The van der Waals surface area contributed by atoms with Gasteiger partial charge in [-0.2, -0.15) is 5.10 Å². The van der Waals surface area contributed by atoms with Gasteiger partial charge in [-0.3, -0.25) is 14.0 Å². The molecule has 0 unspecified atom stereocenters. The number of ether oxygens (including phenoxy) is 1. The number of H-pyrrole nitrogens is 1. The van der Waals surface area contributed by atoms with Crippen molar-refractivity contribution in [1.29, 1.82) is 0 Å². The van der Waals surface area contributed by atoms with Crippen LogP contribution in [-0.4, -0.2) is 42.6 Å². The highest BCUT2D eigenvalue weighted by Gasteiger charge is 2.18. The summed E-state index contributed by atoms with van der Waals surface area (Å²) in [5.74, 6) is 0.151. The van der Waals surface area contributed by atoms with Crippen molar-refractivity contribution < 1.29 is 9.84 Å². The average Bonchev–Trinajstić information content (AvgIpc) is 3.41. The van der Waals surface area contributed by atoms with Crippen LogP contribution in [0.25, 0.3) is 28.0 Å². The number of hydrogen-bond donors (Lipinski definition) is 2. The van der Waals surface area contributed by atoms with E-state index >= 15 is 0 Å². The van der Waals surface area contributed by atoms with Crippen LogP contribution in [0.1, 0.15) is 30.0 Å². The van der Waals surface area contributed by atoms with Gasteiger partial charge in [0.05, 0.1) is 29.0 Å². The molecule has 8 heteroatoms. The Bertz CT molecular complexity index is 1290. The Morgan fingerprint density at radius 1 is 1.23 bits per heavy atom. The Morgan fingerprint density at radius 3 is 2.83 bits per heavy atom. The molecule has 0 spiro atoms. The molecule has 1 aliphatic rings. The lowest BCUT2D eigenvalue weighted by Gasteiger charge is -2.22. The van der Waals surface area contributed by atoms with E-state index in [0.29, 0.717) is 28.3 Å². The van der Waals surface area contributed by atoms with E-state index in [9.17, 15) is 9.90 Å². The molecule has 30 heavy (non-hydrogen) atoms. The summed E-state index contributed by atoms with van der Waals surface area (Å²) in [4.78, 5) is 20.9. The quantitative estimate of drug-likeness (QED) is 0.545. The number of nitrogens with one attached hydrogen (secondary N) is 1. The number of rotatable bonds is 3. The van der Waals surface area contributed by atoms with Crippen molar-refractivity contribution >= 4 is 11.0 Å². The van der Waals surface area contributed by atoms with Crippen LogP contribution in [0.4, 0.5) is 0 Å². The number of aromatic amines is 1. The minimum atomic E-state index is -0.184. The Morgan fingerprint density at radius 2 is 2.03 bits per heavy atom. The van der Waals surface area contributed by atoms with Crippen molar-refractivity contribution in [1.82, 2.24) is 24.3 Å². The summed E-state index contributed by atoms with van der Waals surface area (Å²) in [5.41, 5.74) is 4.25. The summed E-state index contributed by atoms with van der Waals surface area (Å²) in [7, 11) is 0. The molecule has 0 saturated carbocycles. The van der Waals surface area contributed by atoms with Gasteiger partial charge in [0.25, 0.3) is 5.56 Å². The fourth-order valence-electron chi connectivity index (χ4n) is 4.14. The molecule has 0 amide bonds. The van der Waals surface area contributed by atoms with Gasteiger partial charge in [-0.25, -0.2) is 4.98 Å². The Hall–Kier alpha value is -3.39. The fraction of sp³-hybridized carbons (Fsp3) is 0.318.